The van der Waals surface area contributed by atoms with Gasteiger partial charge in [0, 0.05) is 24.1 Å². The topological polar surface area (TPSA) is 34.4 Å². The van der Waals surface area contributed by atoms with Gasteiger partial charge in [-0.2, -0.15) is 4.99 Å². The van der Waals surface area contributed by atoms with E-state index >= 15 is 0 Å². The van der Waals surface area contributed by atoms with Crippen molar-refractivity contribution < 1.29 is 4.79 Å². The van der Waals surface area contributed by atoms with Crippen LogP contribution in [-0.4, -0.2) is 16.2 Å². The van der Waals surface area contributed by atoms with Crippen molar-refractivity contribution in [2.75, 3.05) is 5.75 Å². The lowest BCUT2D eigenvalue weighted by atomic mass is 10.2. The summed E-state index contributed by atoms with van der Waals surface area (Å²) in [5.74, 6) is 0.688. The van der Waals surface area contributed by atoms with Crippen LogP contribution in [0.1, 0.15) is 17.5 Å². The number of hydrogen-bond acceptors (Lipinski definition) is 3. The zero-order valence-corrected chi connectivity index (χ0v) is 15.7. The van der Waals surface area contributed by atoms with Crippen molar-refractivity contribution in [1.29, 1.82) is 0 Å². The van der Waals surface area contributed by atoms with Crippen molar-refractivity contribution in [3.63, 3.8) is 0 Å². The van der Waals surface area contributed by atoms with Crippen LogP contribution >= 0.6 is 23.1 Å². The zero-order chi connectivity index (χ0) is 17.1. The lowest BCUT2D eigenvalue weighted by molar-refractivity contribution is -0.117. The predicted octanol–water partition coefficient (Wildman–Crippen LogP) is 4.47. The van der Waals surface area contributed by atoms with Gasteiger partial charge in [0.25, 0.3) is 0 Å². The molecule has 3 nitrogen and oxygen atoms in total. The van der Waals surface area contributed by atoms with Crippen LogP contribution < -0.4 is 4.80 Å². The summed E-state index contributed by atoms with van der Waals surface area (Å²) in [7, 11) is 1.97. The minimum Gasteiger partial charge on any atom is -0.319 e. The summed E-state index contributed by atoms with van der Waals surface area (Å²) in [6.45, 7) is 4.16. The Kier molecular flexibility index (Phi) is 5.21. The minimum atomic E-state index is -0.0607. The summed E-state index contributed by atoms with van der Waals surface area (Å²) in [4.78, 5) is 18.5. The third-order valence-electron chi connectivity index (χ3n) is 3.85. The first-order valence-electron chi connectivity index (χ1n) is 7.87. The molecule has 0 aliphatic heterocycles. The molecule has 2 aromatic carbocycles. The highest BCUT2D eigenvalue weighted by Gasteiger charge is 2.07. The van der Waals surface area contributed by atoms with Crippen LogP contribution in [0.5, 0.6) is 0 Å². The molecule has 0 saturated heterocycles. The largest absolute Gasteiger partial charge is 0.319 e. The molecule has 24 heavy (non-hydrogen) atoms. The average Bonchev–Trinajstić information content (AvgIpc) is 2.87. The molecular formula is C19H20N2OS2. The van der Waals surface area contributed by atoms with E-state index in [1.807, 2.05) is 17.7 Å². The number of thioether (sulfide) groups is 1. The van der Waals surface area contributed by atoms with Crippen LogP contribution in [-0.2, 0) is 11.8 Å². The van der Waals surface area contributed by atoms with E-state index < -0.39 is 0 Å². The molecule has 0 unspecified atom stereocenters. The number of carbonyl (C=O) groups is 1. The van der Waals surface area contributed by atoms with E-state index in [1.165, 1.54) is 16.0 Å². The molecule has 0 fully saturated rings. The lowest BCUT2D eigenvalue weighted by Crippen LogP contribution is -2.13. The van der Waals surface area contributed by atoms with Crippen LogP contribution in [0.25, 0.3) is 10.2 Å². The van der Waals surface area contributed by atoms with Crippen molar-refractivity contribution in [2.45, 2.75) is 25.2 Å². The highest BCUT2D eigenvalue weighted by molar-refractivity contribution is 7.99. The molecule has 0 aliphatic rings. The van der Waals surface area contributed by atoms with Crippen molar-refractivity contribution in [3.8, 4) is 0 Å². The van der Waals surface area contributed by atoms with Gasteiger partial charge in [0.15, 0.2) is 4.80 Å². The SMILES string of the molecule is Cc1ccc(SCCC(=O)N=c2sc3cccc(C)c3n2C)cc1. The zero-order valence-electron chi connectivity index (χ0n) is 14.1. The second-order valence-corrected chi connectivity index (χ2v) is 7.96. The molecule has 124 valence electrons. The average molecular weight is 357 g/mol. The Labute approximate surface area is 150 Å². The first-order valence-corrected chi connectivity index (χ1v) is 9.67. The summed E-state index contributed by atoms with van der Waals surface area (Å²) < 4.78 is 3.18. The van der Waals surface area contributed by atoms with Crippen molar-refractivity contribution in [2.24, 2.45) is 12.0 Å². The van der Waals surface area contributed by atoms with Gasteiger partial charge < -0.3 is 4.57 Å². The Morgan fingerprint density at radius 3 is 2.62 bits per heavy atom. The Balaban J connectivity index is 1.70. The molecular weight excluding hydrogens is 336 g/mol. The molecule has 1 aromatic heterocycles. The smallest absolute Gasteiger partial charge is 0.249 e. The first-order chi connectivity index (χ1) is 11.5. The number of nitrogens with zero attached hydrogens (tertiary/aromatic N) is 2. The number of carbonyl (C=O) groups excluding carboxylic acids is 1. The summed E-state index contributed by atoms with van der Waals surface area (Å²) in [5.41, 5.74) is 3.61. The molecule has 5 heteroatoms. The van der Waals surface area contributed by atoms with Gasteiger partial charge >= 0.3 is 0 Å². The molecule has 0 bridgehead atoms. The Morgan fingerprint density at radius 1 is 1.17 bits per heavy atom. The number of amides is 1. The summed E-state index contributed by atoms with van der Waals surface area (Å²) in [6.07, 6.45) is 0.450. The van der Waals surface area contributed by atoms with Gasteiger partial charge in [0.1, 0.15) is 0 Å². The first kappa shape index (κ1) is 17.0. The number of aryl methyl sites for hydroxylation is 3. The van der Waals surface area contributed by atoms with Crippen LogP contribution in [0.2, 0.25) is 0 Å². The number of rotatable bonds is 4. The maximum atomic E-state index is 12.2. The van der Waals surface area contributed by atoms with Crippen LogP contribution in [0.4, 0.5) is 0 Å². The van der Waals surface area contributed by atoms with Crippen molar-refractivity contribution in [3.05, 3.63) is 58.4 Å². The van der Waals surface area contributed by atoms with E-state index in [0.717, 1.165) is 20.8 Å². The highest BCUT2D eigenvalue weighted by Crippen LogP contribution is 2.21. The van der Waals surface area contributed by atoms with Gasteiger partial charge in [-0.05, 0) is 37.6 Å². The maximum Gasteiger partial charge on any atom is 0.249 e. The maximum absolute atomic E-state index is 12.2. The number of aromatic nitrogens is 1. The number of fused-ring (bicyclic) bond motifs is 1. The number of benzene rings is 2. The van der Waals surface area contributed by atoms with Gasteiger partial charge in [-0.15, -0.1) is 11.8 Å². The van der Waals surface area contributed by atoms with Crippen LogP contribution in [0.3, 0.4) is 0 Å². The van der Waals surface area contributed by atoms with Gasteiger partial charge in [0.2, 0.25) is 5.91 Å². The van der Waals surface area contributed by atoms with Gasteiger partial charge in [-0.3, -0.25) is 4.79 Å². The van der Waals surface area contributed by atoms with Crippen LogP contribution in [0.15, 0.2) is 52.4 Å². The monoisotopic (exact) mass is 356 g/mol. The van der Waals surface area contributed by atoms with E-state index in [-0.39, 0.29) is 5.91 Å². The number of para-hydroxylation sites is 1. The second-order valence-electron chi connectivity index (χ2n) is 5.78. The molecule has 0 N–H and O–H groups in total. The molecule has 1 heterocycles. The molecule has 0 radical (unpaired) electrons. The van der Waals surface area contributed by atoms with Gasteiger partial charge in [-0.1, -0.05) is 41.2 Å². The number of thiazole rings is 1. The second kappa shape index (κ2) is 7.36. The Bertz CT molecular complexity index is 936. The normalized spacial score (nSPS) is 12.0. The fourth-order valence-corrected chi connectivity index (χ4v) is 4.51. The summed E-state index contributed by atoms with van der Waals surface area (Å²) in [6, 6.07) is 14.6. The summed E-state index contributed by atoms with van der Waals surface area (Å²) >= 11 is 3.26. The van der Waals surface area contributed by atoms with E-state index in [4.69, 9.17) is 0 Å². The lowest BCUT2D eigenvalue weighted by Gasteiger charge is -2.00. The standard InChI is InChI=1S/C19H20N2OS2/c1-13-7-9-15(10-8-13)23-12-11-17(22)20-19-21(3)18-14(2)5-4-6-16(18)24-19/h4-10H,11-12H2,1-3H3. The third kappa shape index (κ3) is 3.79. The van der Waals surface area contributed by atoms with E-state index in [9.17, 15) is 4.79 Å². The van der Waals surface area contributed by atoms with Gasteiger partial charge in [-0.25, -0.2) is 0 Å². The quantitative estimate of drug-likeness (QED) is 0.647. The summed E-state index contributed by atoms with van der Waals surface area (Å²) in [5, 5.41) is 0. The highest BCUT2D eigenvalue weighted by atomic mass is 32.2. The molecule has 0 spiro atoms. The van der Waals surface area contributed by atoms with Crippen molar-refractivity contribution in [1.82, 2.24) is 4.57 Å². The van der Waals surface area contributed by atoms with Crippen LogP contribution in [0, 0.1) is 13.8 Å². The molecule has 0 atom stereocenters. The minimum absolute atomic E-state index is 0.0607. The third-order valence-corrected chi connectivity index (χ3v) is 5.96. The Morgan fingerprint density at radius 2 is 1.92 bits per heavy atom. The van der Waals surface area contributed by atoms with E-state index in [1.54, 1.807) is 23.1 Å². The van der Waals surface area contributed by atoms with E-state index in [2.05, 4.69) is 55.2 Å². The molecule has 0 aliphatic carbocycles. The fourth-order valence-electron chi connectivity index (χ4n) is 2.56. The molecule has 3 rings (SSSR count). The predicted molar refractivity (Wildman–Crippen MR) is 103 cm³/mol. The van der Waals surface area contributed by atoms with Gasteiger partial charge in [0.05, 0.1) is 10.2 Å². The number of hydrogen-bond donors (Lipinski definition) is 0. The molecule has 3 aromatic rings. The fraction of sp³-hybridized carbons (Fsp3) is 0.263. The molecule has 0 saturated carbocycles. The van der Waals surface area contributed by atoms with E-state index in [0.29, 0.717) is 6.42 Å². The Hall–Kier alpha value is -1.85. The van der Waals surface area contributed by atoms with Crippen molar-refractivity contribution >= 4 is 39.2 Å². The molecule has 1 amide bonds.